The topological polar surface area (TPSA) is 77.7 Å². The molecule has 0 N–H and O–H groups in total. The van der Waals surface area contributed by atoms with E-state index in [-0.39, 0.29) is 18.6 Å². The zero-order chi connectivity index (χ0) is 28.2. The summed E-state index contributed by atoms with van der Waals surface area (Å²) in [5, 5.41) is 4.23. The lowest BCUT2D eigenvalue weighted by Gasteiger charge is -2.26. The molecule has 0 saturated carbocycles. The molecular formula is C32H37N3O4. The second-order valence-electron chi connectivity index (χ2n) is 10.8. The predicted octanol–water partition coefficient (Wildman–Crippen LogP) is 6.86. The molecule has 0 aliphatic heterocycles. The van der Waals surface area contributed by atoms with Gasteiger partial charge in [0.1, 0.15) is 5.60 Å². The van der Waals surface area contributed by atoms with Gasteiger partial charge in [-0.1, -0.05) is 59.8 Å². The Kier molecular flexibility index (Phi) is 8.63. The van der Waals surface area contributed by atoms with E-state index in [1.54, 1.807) is 7.11 Å². The van der Waals surface area contributed by atoms with Gasteiger partial charge in [0.25, 0.3) is 5.89 Å². The number of aromatic nitrogens is 2. The summed E-state index contributed by atoms with van der Waals surface area (Å²) >= 11 is 0. The number of hydrogen-bond acceptors (Lipinski definition) is 7. The Labute approximate surface area is 230 Å². The largest absolute Gasteiger partial charge is 0.459 e. The molecule has 4 aromatic rings. The Morgan fingerprint density at radius 3 is 2.36 bits per heavy atom. The van der Waals surface area contributed by atoms with Crippen LogP contribution in [0.1, 0.15) is 50.4 Å². The van der Waals surface area contributed by atoms with Crippen molar-refractivity contribution in [2.75, 3.05) is 20.7 Å². The molecule has 0 amide bonds. The number of carbonyl (C=O) groups is 1. The number of aryl methyl sites for hydroxylation is 1. The summed E-state index contributed by atoms with van der Waals surface area (Å²) in [6.45, 7) is 10.5. The van der Waals surface area contributed by atoms with Gasteiger partial charge in [0.15, 0.2) is 0 Å². The molecule has 3 aromatic carbocycles. The SMILES string of the molecule is COCc1cc(-c2nc(-c3ccc([C@H](C)N(C)CC(=O)OC(C)(C)C)cc3)no2)ccc1-c1ccccc1C. The van der Waals surface area contributed by atoms with Gasteiger partial charge in [-0.2, -0.15) is 4.98 Å². The second kappa shape index (κ2) is 11.9. The lowest BCUT2D eigenvalue weighted by Crippen LogP contribution is -2.34. The molecule has 4 rings (SSSR count). The number of benzene rings is 3. The van der Waals surface area contributed by atoms with Crippen molar-refractivity contribution in [1.82, 2.24) is 15.0 Å². The standard InChI is InChI=1S/C32H37N3O4/c1-21-10-8-9-11-27(21)28-17-16-25(18-26(28)20-37-7)31-33-30(34-39-31)24-14-12-23(13-15-24)22(2)35(6)19-29(36)38-32(3,4)5/h8-18,22H,19-20H2,1-7H3/t22-/m0/s1. The molecule has 0 aliphatic carbocycles. The number of methoxy groups -OCH3 is 1. The molecule has 0 bridgehead atoms. The smallest absolute Gasteiger partial charge is 0.320 e. The van der Waals surface area contributed by atoms with Crippen LogP contribution in [-0.4, -0.2) is 47.3 Å². The highest BCUT2D eigenvalue weighted by Crippen LogP contribution is 2.32. The first-order valence-corrected chi connectivity index (χ1v) is 13.1. The molecule has 1 aromatic heterocycles. The van der Waals surface area contributed by atoms with Crippen LogP contribution in [0.3, 0.4) is 0 Å². The van der Waals surface area contributed by atoms with Gasteiger partial charge in [-0.05, 0) is 81.6 Å². The summed E-state index contributed by atoms with van der Waals surface area (Å²) in [7, 11) is 3.61. The summed E-state index contributed by atoms with van der Waals surface area (Å²) in [5.74, 6) is 0.726. The van der Waals surface area contributed by atoms with E-state index in [9.17, 15) is 4.79 Å². The number of carbonyl (C=O) groups excluding carboxylic acids is 1. The number of likely N-dealkylation sites (N-methyl/N-ethyl adjacent to an activating group) is 1. The normalized spacial score (nSPS) is 12.5. The maximum atomic E-state index is 12.2. The minimum absolute atomic E-state index is 0.0263. The predicted molar refractivity (Wildman–Crippen MR) is 153 cm³/mol. The summed E-state index contributed by atoms with van der Waals surface area (Å²) in [5.41, 5.74) is 6.82. The summed E-state index contributed by atoms with van der Waals surface area (Å²) in [4.78, 5) is 18.9. The van der Waals surface area contributed by atoms with Gasteiger partial charge in [0.05, 0.1) is 13.2 Å². The number of nitrogens with zero attached hydrogens (tertiary/aromatic N) is 3. The van der Waals surface area contributed by atoms with Crippen LogP contribution >= 0.6 is 0 Å². The molecular weight excluding hydrogens is 490 g/mol. The molecule has 1 atom stereocenters. The van der Waals surface area contributed by atoms with E-state index in [2.05, 4.69) is 42.2 Å². The van der Waals surface area contributed by atoms with Crippen LogP contribution in [0.5, 0.6) is 0 Å². The van der Waals surface area contributed by atoms with Gasteiger partial charge in [-0.3, -0.25) is 9.69 Å². The molecule has 0 radical (unpaired) electrons. The Bertz CT molecular complexity index is 1420. The highest BCUT2D eigenvalue weighted by atomic mass is 16.6. The summed E-state index contributed by atoms with van der Waals surface area (Å²) < 4.78 is 16.6. The van der Waals surface area contributed by atoms with E-state index in [0.717, 1.165) is 27.8 Å². The second-order valence-corrected chi connectivity index (χ2v) is 10.8. The number of hydrogen-bond donors (Lipinski definition) is 0. The lowest BCUT2D eigenvalue weighted by atomic mass is 9.94. The highest BCUT2D eigenvalue weighted by Gasteiger charge is 2.21. The molecule has 0 aliphatic rings. The average molecular weight is 528 g/mol. The van der Waals surface area contributed by atoms with Crippen LogP contribution in [0, 0.1) is 6.92 Å². The van der Waals surface area contributed by atoms with Gasteiger partial charge in [-0.25, -0.2) is 0 Å². The van der Waals surface area contributed by atoms with Crippen LogP contribution in [0.4, 0.5) is 0 Å². The maximum Gasteiger partial charge on any atom is 0.320 e. The minimum atomic E-state index is -0.499. The van der Waals surface area contributed by atoms with Crippen molar-refractivity contribution in [1.29, 1.82) is 0 Å². The quantitative estimate of drug-likeness (QED) is 0.220. The molecule has 39 heavy (non-hydrogen) atoms. The van der Waals surface area contributed by atoms with E-state index in [0.29, 0.717) is 18.3 Å². The van der Waals surface area contributed by atoms with Crippen LogP contribution in [0.25, 0.3) is 34.0 Å². The van der Waals surface area contributed by atoms with Crippen LogP contribution in [-0.2, 0) is 20.9 Å². The van der Waals surface area contributed by atoms with E-state index >= 15 is 0 Å². The average Bonchev–Trinajstić information content (AvgIpc) is 3.38. The van der Waals surface area contributed by atoms with Gasteiger partial charge in [0.2, 0.25) is 5.82 Å². The molecule has 1 heterocycles. The fraction of sp³-hybridized carbons (Fsp3) is 0.344. The van der Waals surface area contributed by atoms with Crippen molar-refractivity contribution < 1.29 is 18.8 Å². The van der Waals surface area contributed by atoms with E-state index in [4.69, 9.17) is 14.0 Å². The minimum Gasteiger partial charge on any atom is -0.459 e. The third kappa shape index (κ3) is 6.99. The van der Waals surface area contributed by atoms with Crippen molar-refractivity contribution >= 4 is 5.97 Å². The molecule has 7 nitrogen and oxygen atoms in total. The summed E-state index contributed by atoms with van der Waals surface area (Å²) in [6.07, 6.45) is 0. The lowest BCUT2D eigenvalue weighted by molar-refractivity contribution is -0.156. The van der Waals surface area contributed by atoms with Crippen molar-refractivity contribution in [3.8, 4) is 34.0 Å². The van der Waals surface area contributed by atoms with Gasteiger partial charge in [-0.15, -0.1) is 0 Å². The first kappa shape index (κ1) is 28.2. The van der Waals surface area contributed by atoms with E-state index in [1.807, 2.05) is 81.2 Å². The number of ether oxygens (including phenoxy) is 2. The van der Waals surface area contributed by atoms with E-state index in [1.165, 1.54) is 11.1 Å². The maximum absolute atomic E-state index is 12.2. The van der Waals surface area contributed by atoms with E-state index < -0.39 is 5.60 Å². The fourth-order valence-electron chi connectivity index (χ4n) is 4.48. The Morgan fingerprint density at radius 1 is 1.00 bits per heavy atom. The van der Waals surface area contributed by atoms with Crippen LogP contribution in [0.2, 0.25) is 0 Å². The molecule has 0 saturated heterocycles. The van der Waals surface area contributed by atoms with Gasteiger partial charge >= 0.3 is 5.97 Å². The van der Waals surface area contributed by atoms with Gasteiger partial charge < -0.3 is 14.0 Å². The molecule has 0 fully saturated rings. The Morgan fingerprint density at radius 2 is 1.69 bits per heavy atom. The first-order valence-electron chi connectivity index (χ1n) is 13.1. The Hall–Kier alpha value is -3.81. The highest BCUT2D eigenvalue weighted by molar-refractivity contribution is 5.74. The number of rotatable bonds is 9. The zero-order valence-corrected chi connectivity index (χ0v) is 23.8. The first-order chi connectivity index (χ1) is 18.6. The van der Waals surface area contributed by atoms with Crippen molar-refractivity contribution in [3.05, 3.63) is 83.4 Å². The van der Waals surface area contributed by atoms with Crippen molar-refractivity contribution in [2.24, 2.45) is 0 Å². The molecule has 204 valence electrons. The summed E-state index contributed by atoms with van der Waals surface area (Å²) in [6, 6.07) is 22.5. The van der Waals surface area contributed by atoms with Crippen molar-refractivity contribution in [2.45, 2.75) is 52.9 Å². The monoisotopic (exact) mass is 527 g/mol. The van der Waals surface area contributed by atoms with Crippen LogP contribution in [0.15, 0.2) is 71.3 Å². The molecule has 7 heteroatoms. The van der Waals surface area contributed by atoms with Gasteiger partial charge in [0, 0.05) is 24.3 Å². The third-order valence-electron chi connectivity index (χ3n) is 6.62. The Balaban J connectivity index is 1.50. The molecule has 0 unspecified atom stereocenters. The zero-order valence-electron chi connectivity index (χ0n) is 23.8. The fourth-order valence-corrected chi connectivity index (χ4v) is 4.48. The van der Waals surface area contributed by atoms with Crippen LogP contribution < -0.4 is 0 Å². The van der Waals surface area contributed by atoms with Crippen molar-refractivity contribution in [3.63, 3.8) is 0 Å². The molecule has 0 spiro atoms. The third-order valence-corrected chi connectivity index (χ3v) is 6.62. The number of esters is 1.